The molecule has 124 valence electrons. The highest BCUT2D eigenvalue weighted by atomic mass is 32.1. The number of thiophene rings is 1. The molecule has 2 aromatic carbocycles. The van der Waals surface area contributed by atoms with Gasteiger partial charge >= 0.3 is 0 Å². The first-order valence-corrected chi connectivity index (χ1v) is 9.24. The lowest BCUT2D eigenvalue weighted by molar-refractivity contribution is 0.104. The molecule has 3 aromatic heterocycles. The average Bonchev–Trinajstić information content (AvgIpc) is 3.35. The van der Waals surface area contributed by atoms with Crippen LogP contribution < -0.4 is 0 Å². The van der Waals surface area contributed by atoms with Gasteiger partial charge in [0, 0.05) is 28.0 Å². The average molecular weight is 354 g/mol. The fourth-order valence-corrected chi connectivity index (χ4v) is 4.09. The molecule has 0 aliphatic carbocycles. The van der Waals surface area contributed by atoms with Crippen molar-refractivity contribution in [3.05, 3.63) is 89.4 Å². The number of hydrogen-bond acceptors (Lipinski definition) is 3. The van der Waals surface area contributed by atoms with E-state index in [0.717, 1.165) is 32.4 Å². The Labute approximate surface area is 154 Å². The molecule has 0 unspecified atom stereocenters. The van der Waals surface area contributed by atoms with E-state index in [-0.39, 0.29) is 5.78 Å². The van der Waals surface area contributed by atoms with Crippen molar-refractivity contribution in [1.82, 2.24) is 9.97 Å². The topological polar surface area (TPSA) is 45.8 Å². The number of carbonyl (C=O) groups is 1. The zero-order valence-corrected chi connectivity index (χ0v) is 14.6. The highest BCUT2D eigenvalue weighted by Crippen LogP contribution is 2.35. The molecule has 5 rings (SSSR count). The van der Waals surface area contributed by atoms with Crippen molar-refractivity contribution in [2.45, 2.75) is 0 Å². The minimum absolute atomic E-state index is 0.0151. The molecule has 1 N–H and O–H groups in total. The van der Waals surface area contributed by atoms with E-state index in [4.69, 9.17) is 0 Å². The van der Waals surface area contributed by atoms with E-state index >= 15 is 0 Å². The smallest absolute Gasteiger partial charge is 0.197 e. The van der Waals surface area contributed by atoms with Crippen LogP contribution in [0.5, 0.6) is 0 Å². The lowest BCUT2D eigenvalue weighted by Crippen LogP contribution is -2.05. The summed E-state index contributed by atoms with van der Waals surface area (Å²) in [5.74, 6) is -0.0151. The maximum atomic E-state index is 13.4. The number of aromatic nitrogens is 2. The first-order valence-electron chi connectivity index (χ1n) is 8.36. The summed E-state index contributed by atoms with van der Waals surface area (Å²) < 4.78 is 0. The van der Waals surface area contributed by atoms with Crippen molar-refractivity contribution in [1.29, 1.82) is 0 Å². The number of hydrogen-bond donors (Lipinski definition) is 1. The van der Waals surface area contributed by atoms with Gasteiger partial charge in [0.2, 0.25) is 0 Å². The molecule has 0 radical (unpaired) electrons. The molecule has 0 atom stereocenters. The minimum Gasteiger partial charge on any atom is -0.354 e. The number of nitrogens with zero attached hydrogens (tertiary/aromatic N) is 1. The van der Waals surface area contributed by atoms with Gasteiger partial charge in [-0.2, -0.15) is 0 Å². The van der Waals surface area contributed by atoms with Gasteiger partial charge in [-0.1, -0.05) is 54.6 Å². The maximum absolute atomic E-state index is 13.4. The Morgan fingerprint density at radius 1 is 0.885 bits per heavy atom. The Bertz CT molecular complexity index is 1240. The van der Waals surface area contributed by atoms with Crippen molar-refractivity contribution < 1.29 is 4.79 Å². The van der Waals surface area contributed by atoms with Gasteiger partial charge in [0.15, 0.2) is 5.78 Å². The highest BCUT2D eigenvalue weighted by molar-refractivity contribution is 7.13. The van der Waals surface area contributed by atoms with Crippen LogP contribution in [0.25, 0.3) is 32.4 Å². The second kappa shape index (κ2) is 5.93. The predicted octanol–water partition coefficient (Wildman–Crippen LogP) is 5.68. The molecule has 0 fully saturated rings. The van der Waals surface area contributed by atoms with E-state index in [0.29, 0.717) is 11.1 Å². The molecule has 0 spiro atoms. The van der Waals surface area contributed by atoms with Gasteiger partial charge in [-0.25, -0.2) is 0 Å². The van der Waals surface area contributed by atoms with Crippen LogP contribution in [0.3, 0.4) is 0 Å². The minimum atomic E-state index is -0.0151. The zero-order valence-electron chi connectivity index (χ0n) is 13.8. The van der Waals surface area contributed by atoms with Crippen molar-refractivity contribution in [2.24, 2.45) is 0 Å². The summed E-state index contributed by atoms with van der Waals surface area (Å²) in [4.78, 5) is 22.5. The Balaban J connectivity index is 1.87. The largest absolute Gasteiger partial charge is 0.354 e. The fourth-order valence-electron chi connectivity index (χ4n) is 3.36. The van der Waals surface area contributed by atoms with Gasteiger partial charge in [-0.3, -0.25) is 9.78 Å². The Kier molecular flexibility index (Phi) is 3.43. The predicted molar refractivity (Wildman–Crippen MR) is 107 cm³/mol. The van der Waals surface area contributed by atoms with Crippen molar-refractivity contribution >= 4 is 38.9 Å². The third-order valence-corrected chi connectivity index (χ3v) is 5.45. The summed E-state index contributed by atoms with van der Waals surface area (Å²) in [6.07, 6.45) is 1.87. The lowest BCUT2D eigenvalue weighted by atomic mass is 9.99. The quantitative estimate of drug-likeness (QED) is 0.424. The molecule has 0 saturated heterocycles. The number of rotatable bonds is 3. The van der Waals surface area contributed by atoms with Crippen LogP contribution in [0.1, 0.15) is 15.9 Å². The molecule has 0 amide bonds. The molecule has 3 nitrogen and oxygen atoms in total. The van der Waals surface area contributed by atoms with Crippen LogP contribution in [-0.4, -0.2) is 15.8 Å². The third-order valence-electron chi connectivity index (χ3n) is 4.57. The highest BCUT2D eigenvalue weighted by Gasteiger charge is 2.22. The second-order valence-electron chi connectivity index (χ2n) is 6.11. The molecule has 0 aliphatic rings. The molecule has 4 heteroatoms. The molecule has 26 heavy (non-hydrogen) atoms. The summed E-state index contributed by atoms with van der Waals surface area (Å²) in [6, 6.07) is 21.4. The number of nitrogens with one attached hydrogen (secondary N) is 1. The standard InChI is InChI=1S/C22H14N2OS/c25-22(14-7-2-1-3-8-14)19-20-16(15-9-4-5-10-17(15)24-20)13-23-21(19)18-11-6-12-26-18/h1-13,24H. The summed E-state index contributed by atoms with van der Waals surface area (Å²) >= 11 is 1.59. The molecular weight excluding hydrogens is 340 g/mol. The van der Waals surface area contributed by atoms with Crippen LogP contribution in [0.15, 0.2) is 78.3 Å². The molecular formula is C22H14N2OS. The maximum Gasteiger partial charge on any atom is 0.197 e. The monoisotopic (exact) mass is 354 g/mol. The molecule has 5 aromatic rings. The van der Waals surface area contributed by atoms with E-state index < -0.39 is 0 Å². The number of pyridine rings is 1. The van der Waals surface area contributed by atoms with E-state index in [2.05, 4.69) is 16.0 Å². The molecule has 3 heterocycles. The number of H-pyrrole nitrogens is 1. The van der Waals surface area contributed by atoms with Gasteiger partial charge in [0.1, 0.15) is 0 Å². The third kappa shape index (κ3) is 2.27. The van der Waals surface area contributed by atoms with Crippen molar-refractivity contribution in [2.75, 3.05) is 0 Å². The second-order valence-corrected chi connectivity index (χ2v) is 7.06. The molecule has 0 saturated carbocycles. The van der Waals surface area contributed by atoms with Crippen LogP contribution in [0.2, 0.25) is 0 Å². The normalized spacial score (nSPS) is 11.2. The van der Waals surface area contributed by atoms with Crippen LogP contribution in [-0.2, 0) is 0 Å². The van der Waals surface area contributed by atoms with Crippen LogP contribution >= 0.6 is 11.3 Å². The van der Waals surface area contributed by atoms with Gasteiger partial charge in [0.05, 0.1) is 21.7 Å². The zero-order chi connectivity index (χ0) is 17.5. The fraction of sp³-hybridized carbons (Fsp3) is 0. The molecule has 0 bridgehead atoms. The number of benzene rings is 2. The number of ketones is 1. The first-order chi connectivity index (χ1) is 12.8. The Hall–Kier alpha value is -3.24. The van der Waals surface area contributed by atoms with Gasteiger partial charge < -0.3 is 4.98 Å². The Morgan fingerprint density at radius 3 is 2.50 bits per heavy atom. The van der Waals surface area contributed by atoms with E-state index in [1.54, 1.807) is 11.3 Å². The van der Waals surface area contributed by atoms with E-state index in [9.17, 15) is 4.79 Å². The summed E-state index contributed by atoms with van der Waals surface area (Å²) in [5.41, 5.74) is 3.88. The van der Waals surface area contributed by atoms with Crippen LogP contribution in [0.4, 0.5) is 0 Å². The molecule has 0 aliphatic heterocycles. The van der Waals surface area contributed by atoms with E-state index in [1.807, 2.05) is 72.2 Å². The van der Waals surface area contributed by atoms with Gasteiger partial charge in [-0.15, -0.1) is 11.3 Å². The Morgan fingerprint density at radius 2 is 1.69 bits per heavy atom. The number of para-hydroxylation sites is 1. The van der Waals surface area contributed by atoms with Gasteiger partial charge in [-0.05, 0) is 17.5 Å². The summed E-state index contributed by atoms with van der Waals surface area (Å²) in [6.45, 7) is 0. The van der Waals surface area contributed by atoms with Crippen LogP contribution in [0, 0.1) is 0 Å². The van der Waals surface area contributed by atoms with E-state index in [1.165, 1.54) is 0 Å². The SMILES string of the molecule is O=C(c1ccccc1)c1c(-c2cccs2)ncc2c1[nH]c1ccccc12. The summed E-state index contributed by atoms with van der Waals surface area (Å²) in [5, 5.41) is 4.05. The first kappa shape index (κ1) is 15.0. The number of fused-ring (bicyclic) bond motifs is 3. The van der Waals surface area contributed by atoms with Gasteiger partial charge in [0.25, 0.3) is 0 Å². The van der Waals surface area contributed by atoms with Crippen molar-refractivity contribution in [3.63, 3.8) is 0 Å². The summed E-state index contributed by atoms with van der Waals surface area (Å²) in [7, 11) is 0. The lowest BCUT2D eigenvalue weighted by Gasteiger charge is -2.08. The number of aromatic amines is 1. The van der Waals surface area contributed by atoms with Crippen molar-refractivity contribution in [3.8, 4) is 10.6 Å². The number of carbonyl (C=O) groups excluding carboxylic acids is 1.